The number of nitrogens with one attached hydrogen (secondary N) is 2. The van der Waals surface area contributed by atoms with Crippen LogP contribution in [0.2, 0.25) is 0 Å². The molecule has 1 saturated carbocycles. The molecule has 114 valence electrons. The number of ether oxygens (including phenoxy) is 1. The average molecular weight is 288 g/mol. The van der Waals surface area contributed by atoms with Gasteiger partial charge in [-0.1, -0.05) is 6.07 Å². The van der Waals surface area contributed by atoms with Gasteiger partial charge in [-0.25, -0.2) is 0 Å². The molecule has 1 saturated heterocycles. The van der Waals surface area contributed by atoms with Gasteiger partial charge in [0.05, 0.1) is 7.11 Å². The zero-order valence-electron chi connectivity index (χ0n) is 12.9. The third-order valence-corrected chi connectivity index (χ3v) is 4.95. The zero-order chi connectivity index (χ0) is 14.9. The van der Waals surface area contributed by atoms with Crippen LogP contribution in [0.15, 0.2) is 18.2 Å². The number of aryl methyl sites for hydroxylation is 1. The summed E-state index contributed by atoms with van der Waals surface area (Å²) in [7, 11) is 1.64. The van der Waals surface area contributed by atoms with Crippen molar-refractivity contribution < 1.29 is 9.53 Å². The maximum Gasteiger partial charge on any atom is 0.251 e. The van der Waals surface area contributed by atoms with Gasteiger partial charge in [0.2, 0.25) is 0 Å². The zero-order valence-corrected chi connectivity index (χ0v) is 12.9. The Bertz CT molecular complexity index is 538. The van der Waals surface area contributed by atoms with Gasteiger partial charge in [-0.2, -0.15) is 0 Å². The third kappa shape index (κ3) is 2.91. The van der Waals surface area contributed by atoms with E-state index in [-0.39, 0.29) is 11.9 Å². The molecule has 2 fully saturated rings. The van der Waals surface area contributed by atoms with Gasteiger partial charge in [0.15, 0.2) is 0 Å². The molecule has 4 nitrogen and oxygen atoms in total. The molecule has 1 aliphatic heterocycles. The molecule has 1 heterocycles. The van der Waals surface area contributed by atoms with E-state index < -0.39 is 0 Å². The number of hydrogen-bond acceptors (Lipinski definition) is 3. The molecule has 2 N–H and O–H groups in total. The molecule has 1 amide bonds. The molecule has 0 bridgehead atoms. The van der Waals surface area contributed by atoms with Gasteiger partial charge >= 0.3 is 0 Å². The number of piperidine rings is 1. The third-order valence-electron chi connectivity index (χ3n) is 4.95. The van der Waals surface area contributed by atoms with E-state index >= 15 is 0 Å². The summed E-state index contributed by atoms with van der Waals surface area (Å²) in [4.78, 5) is 12.4. The van der Waals surface area contributed by atoms with Gasteiger partial charge in [0.1, 0.15) is 5.75 Å². The number of carbonyl (C=O) groups is 1. The second-order valence-corrected chi connectivity index (χ2v) is 6.41. The highest BCUT2D eigenvalue weighted by Gasteiger charge is 2.41. The van der Waals surface area contributed by atoms with Crippen molar-refractivity contribution in [1.29, 1.82) is 0 Å². The number of amides is 1. The molecule has 1 aromatic rings. The molecule has 1 unspecified atom stereocenters. The first-order valence-corrected chi connectivity index (χ1v) is 7.82. The summed E-state index contributed by atoms with van der Waals surface area (Å²) < 4.78 is 5.30. The maximum absolute atomic E-state index is 12.4. The van der Waals surface area contributed by atoms with Crippen LogP contribution in [0.5, 0.6) is 5.75 Å². The van der Waals surface area contributed by atoms with Crippen LogP contribution in [-0.2, 0) is 0 Å². The second kappa shape index (κ2) is 5.68. The summed E-state index contributed by atoms with van der Waals surface area (Å²) in [6.07, 6.45) is 5.87. The van der Waals surface area contributed by atoms with Crippen LogP contribution >= 0.6 is 0 Å². The van der Waals surface area contributed by atoms with E-state index in [1.165, 1.54) is 19.3 Å². The number of methoxy groups -OCH3 is 1. The van der Waals surface area contributed by atoms with E-state index in [2.05, 4.69) is 10.6 Å². The standard InChI is InChI=1S/C17H24N2O2/c1-12-4-5-13(10-15(12)21-2)16(20)19-14-6-9-18-17(11-14)7-3-8-17/h4-5,10,14,18H,3,6-9,11H2,1-2H3,(H,19,20). The first-order chi connectivity index (χ1) is 10.1. The highest BCUT2D eigenvalue weighted by atomic mass is 16.5. The fourth-order valence-electron chi connectivity index (χ4n) is 3.50. The summed E-state index contributed by atoms with van der Waals surface area (Å²) in [5.74, 6) is 0.776. The Morgan fingerprint density at radius 1 is 1.43 bits per heavy atom. The predicted octanol–water partition coefficient (Wildman–Crippen LogP) is 2.41. The molecule has 2 aliphatic rings. The fraction of sp³-hybridized carbons (Fsp3) is 0.588. The van der Waals surface area contributed by atoms with Crippen molar-refractivity contribution in [3.63, 3.8) is 0 Å². The van der Waals surface area contributed by atoms with Gasteiger partial charge in [0, 0.05) is 17.1 Å². The molecule has 1 aromatic carbocycles. The van der Waals surface area contributed by atoms with Gasteiger partial charge in [-0.3, -0.25) is 4.79 Å². The molecule has 21 heavy (non-hydrogen) atoms. The molecule has 1 aliphatic carbocycles. The molecular formula is C17H24N2O2. The number of carbonyl (C=O) groups excluding carboxylic acids is 1. The van der Waals surface area contributed by atoms with Gasteiger partial charge in [-0.05, 0) is 63.3 Å². The van der Waals surface area contributed by atoms with Gasteiger partial charge in [-0.15, -0.1) is 0 Å². The van der Waals surface area contributed by atoms with Crippen LogP contribution in [0.3, 0.4) is 0 Å². The molecule has 3 rings (SSSR count). The van der Waals surface area contributed by atoms with Gasteiger partial charge < -0.3 is 15.4 Å². The van der Waals surface area contributed by atoms with Crippen LogP contribution in [0, 0.1) is 6.92 Å². The Hall–Kier alpha value is -1.55. The van der Waals surface area contributed by atoms with Gasteiger partial charge in [0.25, 0.3) is 5.91 Å². The minimum atomic E-state index is 0.00896. The van der Waals surface area contributed by atoms with Crippen molar-refractivity contribution in [3.8, 4) is 5.75 Å². The van der Waals surface area contributed by atoms with Crippen molar-refractivity contribution in [2.45, 2.75) is 50.6 Å². The largest absolute Gasteiger partial charge is 0.496 e. The quantitative estimate of drug-likeness (QED) is 0.898. The van der Waals surface area contributed by atoms with Crippen molar-refractivity contribution in [2.24, 2.45) is 0 Å². The predicted molar refractivity (Wildman–Crippen MR) is 82.8 cm³/mol. The normalized spacial score (nSPS) is 23.4. The molecule has 0 radical (unpaired) electrons. The summed E-state index contributed by atoms with van der Waals surface area (Å²) in [5, 5.41) is 6.82. The summed E-state index contributed by atoms with van der Waals surface area (Å²) >= 11 is 0. The first-order valence-electron chi connectivity index (χ1n) is 7.82. The minimum absolute atomic E-state index is 0.00896. The molecule has 4 heteroatoms. The summed E-state index contributed by atoms with van der Waals surface area (Å²) in [6.45, 7) is 2.98. The highest BCUT2D eigenvalue weighted by Crippen LogP contribution is 2.38. The van der Waals surface area contributed by atoms with E-state index in [1.54, 1.807) is 7.11 Å². The molecule has 0 aromatic heterocycles. The van der Waals surface area contributed by atoms with Crippen LogP contribution in [0.4, 0.5) is 0 Å². The maximum atomic E-state index is 12.4. The monoisotopic (exact) mass is 288 g/mol. The van der Waals surface area contributed by atoms with E-state index in [0.717, 1.165) is 30.7 Å². The Morgan fingerprint density at radius 2 is 2.24 bits per heavy atom. The first kappa shape index (κ1) is 14.4. The lowest BCUT2D eigenvalue weighted by molar-refractivity contribution is 0.0852. The van der Waals surface area contributed by atoms with E-state index in [1.807, 2.05) is 25.1 Å². The van der Waals surface area contributed by atoms with Crippen molar-refractivity contribution >= 4 is 5.91 Å². The topological polar surface area (TPSA) is 50.4 Å². The van der Waals surface area contributed by atoms with Crippen LogP contribution in [0.1, 0.15) is 48.0 Å². The summed E-state index contributed by atoms with van der Waals surface area (Å²) in [5.41, 5.74) is 2.03. The van der Waals surface area contributed by atoms with Crippen molar-refractivity contribution in [3.05, 3.63) is 29.3 Å². The van der Waals surface area contributed by atoms with E-state index in [0.29, 0.717) is 11.1 Å². The smallest absolute Gasteiger partial charge is 0.251 e. The Morgan fingerprint density at radius 3 is 2.90 bits per heavy atom. The second-order valence-electron chi connectivity index (χ2n) is 6.41. The number of hydrogen-bond donors (Lipinski definition) is 2. The van der Waals surface area contributed by atoms with Crippen LogP contribution in [-0.4, -0.2) is 31.1 Å². The minimum Gasteiger partial charge on any atom is -0.496 e. The Kier molecular flexibility index (Phi) is 3.89. The van der Waals surface area contributed by atoms with Crippen LogP contribution in [0.25, 0.3) is 0 Å². The SMILES string of the molecule is COc1cc(C(=O)NC2CCNC3(CCC3)C2)ccc1C. The lowest BCUT2D eigenvalue weighted by Crippen LogP contribution is -2.59. The lowest BCUT2D eigenvalue weighted by atomic mass is 9.70. The van der Waals surface area contributed by atoms with E-state index in [9.17, 15) is 4.79 Å². The Balaban J connectivity index is 1.65. The Labute approximate surface area is 126 Å². The molecule has 1 atom stereocenters. The van der Waals surface area contributed by atoms with Crippen molar-refractivity contribution in [1.82, 2.24) is 10.6 Å². The average Bonchev–Trinajstić information content (AvgIpc) is 2.46. The number of rotatable bonds is 3. The van der Waals surface area contributed by atoms with Crippen LogP contribution < -0.4 is 15.4 Å². The molecular weight excluding hydrogens is 264 g/mol. The molecule has 1 spiro atoms. The summed E-state index contributed by atoms with van der Waals surface area (Å²) in [6, 6.07) is 5.91. The van der Waals surface area contributed by atoms with E-state index in [4.69, 9.17) is 4.74 Å². The lowest BCUT2D eigenvalue weighted by Gasteiger charge is -2.48. The fourth-order valence-corrected chi connectivity index (χ4v) is 3.50. The highest BCUT2D eigenvalue weighted by molar-refractivity contribution is 5.94. The van der Waals surface area contributed by atoms with Crippen molar-refractivity contribution in [2.75, 3.05) is 13.7 Å². The number of benzene rings is 1.